The zero-order valence-electron chi connectivity index (χ0n) is 15.1. The minimum absolute atomic E-state index is 0.151. The lowest BCUT2D eigenvalue weighted by atomic mass is 9.87. The van der Waals surface area contributed by atoms with Crippen LogP contribution in [0, 0.1) is 5.41 Å². The molecular formula is C20H25N3O2. The highest BCUT2D eigenvalue weighted by molar-refractivity contribution is 6.06. The molecule has 0 aliphatic heterocycles. The Morgan fingerprint density at radius 2 is 1.68 bits per heavy atom. The van der Waals surface area contributed by atoms with E-state index in [1.165, 1.54) is 0 Å². The number of carbonyl (C=O) groups excluding carboxylic acids is 2. The van der Waals surface area contributed by atoms with Crippen molar-refractivity contribution >= 4 is 23.2 Å². The van der Waals surface area contributed by atoms with Crippen molar-refractivity contribution in [3.63, 3.8) is 0 Å². The molecule has 0 saturated heterocycles. The first kappa shape index (κ1) is 18.7. The van der Waals surface area contributed by atoms with Gasteiger partial charge in [-0.2, -0.15) is 0 Å². The van der Waals surface area contributed by atoms with Crippen LogP contribution in [0.2, 0.25) is 0 Å². The Hall–Kier alpha value is -2.66. The summed E-state index contributed by atoms with van der Waals surface area (Å²) < 4.78 is 0. The number of nitrogens with one attached hydrogen (secondary N) is 1. The Bertz CT molecular complexity index is 751. The van der Waals surface area contributed by atoms with Crippen molar-refractivity contribution < 1.29 is 9.59 Å². The SMILES string of the molecule is CN(C(=O)c1cccc(NC(=O)[C@@H](N)C(C)(C)C)c1)c1ccccc1. The topological polar surface area (TPSA) is 75.4 Å². The summed E-state index contributed by atoms with van der Waals surface area (Å²) in [5.41, 5.74) is 7.48. The molecular weight excluding hydrogens is 314 g/mol. The second-order valence-electron chi connectivity index (χ2n) is 7.11. The van der Waals surface area contributed by atoms with Crippen LogP contribution >= 0.6 is 0 Å². The molecule has 0 heterocycles. The van der Waals surface area contributed by atoms with Crippen LogP contribution in [0.4, 0.5) is 11.4 Å². The van der Waals surface area contributed by atoms with Gasteiger partial charge in [-0.05, 0) is 35.7 Å². The van der Waals surface area contributed by atoms with Gasteiger partial charge >= 0.3 is 0 Å². The first-order valence-electron chi connectivity index (χ1n) is 8.20. The molecule has 2 aromatic carbocycles. The summed E-state index contributed by atoms with van der Waals surface area (Å²) >= 11 is 0. The zero-order valence-corrected chi connectivity index (χ0v) is 15.1. The van der Waals surface area contributed by atoms with Gasteiger partial charge in [0.05, 0.1) is 6.04 Å². The second-order valence-corrected chi connectivity index (χ2v) is 7.11. The summed E-state index contributed by atoms with van der Waals surface area (Å²) in [5.74, 6) is -0.420. The van der Waals surface area contributed by atoms with Gasteiger partial charge in [0.2, 0.25) is 5.91 Å². The third-order valence-electron chi connectivity index (χ3n) is 4.04. The molecule has 0 aromatic heterocycles. The van der Waals surface area contributed by atoms with Gasteiger partial charge in [-0.15, -0.1) is 0 Å². The number of anilines is 2. The van der Waals surface area contributed by atoms with Crippen LogP contribution in [0.1, 0.15) is 31.1 Å². The van der Waals surface area contributed by atoms with Gasteiger partial charge in [0.1, 0.15) is 0 Å². The summed E-state index contributed by atoms with van der Waals surface area (Å²) in [4.78, 5) is 26.5. The molecule has 132 valence electrons. The lowest BCUT2D eigenvalue weighted by Gasteiger charge is -2.26. The summed E-state index contributed by atoms with van der Waals surface area (Å²) in [7, 11) is 1.72. The fourth-order valence-electron chi connectivity index (χ4n) is 2.31. The van der Waals surface area contributed by atoms with Gasteiger partial charge in [-0.3, -0.25) is 9.59 Å². The fraction of sp³-hybridized carbons (Fsp3) is 0.300. The molecule has 2 amide bonds. The minimum Gasteiger partial charge on any atom is -0.325 e. The number of nitrogens with two attached hydrogens (primary N) is 1. The minimum atomic E-state index is -0.640. The number of hydrogen-bond donors (Lipinski definition) is 2. The molecule has 0 bridgehead atoms. The molecule has 0 fully saturated rings. The molecule has 0 aliphatic rings. The molecule has 25 heavy (non-hydrogen) atoms. The lowest BCUT2D eigenvalue weighted by molar-refractivity contribution is -0.119. The smallest absolute Gasteiger partial charge is 0.258 e. The Morgan fingerprint density at radius 3 is 2.28 bits per heavy atom. The van der Waals surface area contributed by atoms with Crippen LogP contribution in [0.5, 0.6) is 0 Å². The van der Waals surface area contributed by atoms with E-state index in [9.17, 15) is 9.59 Å². The highest BCUT2D eigenvalue weighted by Gasteiger charge is 2.27. The maximum atomic E-state index is 12.7. The molecule has 1 atom stereocenters. The van der Waals surface area contributed by atoms with Gasteiger partial charge in [0, 0.05) is 24.0 Å². The standard InChI is InChI=1S/C20H25N3O2/c1-20(2,3)17(21)18(24)22-15-10-8-9-14(13-15)19(25)23(4)16-11-6-5-7-12-16/h5-13,17H,21H2,1-4H3,(H,22,24)/t17-/m1/s1. The molecule has 0 saturated carbocycles. The first-order valence-corrected chi connectivity index (χ1v) is 8.20. The van der Waals surface area contributed by atoms with E-state index < -0.39 is 6.04 Å². The zero-order chi connectivity index (χ0) is 18.6. The van der Waals surface area contributed by atoms with Crippen LogP contribution in [0.25, 0.3) is 0 Å². The summed E-state index contributed by atoms with van der Waals surface area (Å²) in [6.07, 6.45) is 0. The van der Waals surface area contributed by atoms with E-state index in [-0.39, 0.29) is 17.2 Å². The molecule has 2 aromatic rings. The van der Waals surface area contributed by atoms with Gasteiger partial charge < -0.3 is 16.0 Å². The number of amides is 2. The number of benzene rings is 2. The van der Waals surface area contributed by atoms with Crippen molar-refractivity contribution in [2.24, 2.45) is 11.1 Å². The quantitative estimate of drug-likeness (QED) is 0.897. The van der Waals surface area contributed by atoms with Crippen molar-refractivity contribution in [3.05, 3.63) is 60.2 Å². The normalized spacial score (nSPS) is 12.4. The van der Waals surface area contributed by atoms with E-state index in [4.69, 9.17) is 5.73 Å². The van der Waals surface area contributed by atoms with Crippen molar-refractivity contribution in [1.29, 1.82) is 0 Å². The van der Waals surface area contributed by atoms with Crippen molar-refractivity contribution in [3.8, 4) is 0 Å². The number of para-hydroxylation sites is 1. The molecule has 2 rings (SSSR count). The Balaban J connectivity index is 2.16. The highest BCUT2D eigenvalue weighted by Crippen LogP contribution is 2.20. The van der Waals surface area contributed by atoms with Crippen LogP contribution in [-0.2, 0) is 4.79 Å². The number of carbonyl (C=O) groups is 2. The van der Waals surface area contributed by atoms with E-state index >= 15 is 0 Å². The van der Waals surface area contributed by atoms with E-state index in [0.717, 1.165) is 5.69 Å². The number of nitrogens with zero attached hydrogens (tertiary/aromatic N) is 1. The molecule has 3 N–H and O–H groups in total. The van der Waals surface area contributed by atoms with Crippen LogP contribution in [-0.4, -0.2) is 24.9 Å². The van der Waals surface area contributed by atoms with Crippen molar-refractivity contribution in [1.82, 2.24) is 0 Å². The van der Waals surface area contributed by atoms with E-state index in [1.807, 2.05) is 51.1 Å². The molecule has 0 radical (unpaired) electrons. The van der Waals surface area contributed by atoms with Crippen molar-refractivity contribution in [2.45, 2.75) is 26.8 Å². The van der Waals surface area contributed by atoms with Gasteiger partial charge in [0.15, 0.2) is 0 Å². The Labute approximate surface area is 148 Å². The molecule has 0 unspecified atom stereocenters. The van der Waals surface area contributed by atoms with E-state index in [2.05, 4.69) is 5.32 Å². The molecule has 0 aliphatic carbocycles. The lowest BCUT2D eigenvalue weighted by Crippen LogP contribution is -2.45. The van der Waals surface area contributed by atoms with Crippen LogP contribution in [0.3, 0.4) is 0 Å². The van der Waals surface area contributed by atoms with E-state index in [0.29, 0.717) is 11.3 Å². The van der Waals surface area contributed by atoms with Crippen LogP contribution in [0.15, 0.2) is 54.6 Å². The Morgan fingerprint density at radius 1 is 1.04 bits per heavy atom. The summed E-state index contributed by atoms with van der Waals surface area (Å²) in [5, 5.41) is 2.79. The predicted molar refractivity (Wildman–Crippen MR) is 102 cm³/mol. The molecule has 5 nitrogen and oxygen atoms in total. The van der Waals surface area contributed by atoms with Gasteiger partial charge in [-0.25, -0.2) is 0 Å². The third kappa shape index (κ3) is 4.67. The highest BCUT2D eigenvalue weighted by atomic mass is 16.2. The average Bonchev–Trinajstić information content (AvgIpc) is 2.60. The van der Waals surface area contributed by atoms with Gasteiger partial charge in [-0.1, -0.05) is 45.0 Å². The Kier molecular flexibility index (Phi) is 5.59. The summed E-state index contributed by atoms with van der Waals surface area (Å²) in [6.45, 7) is 5.73. The second kappa shape index (κ2) is 7.49. The average molecular weight is 339 g/mol. The molecule has 0 spiro atoms. The summed E-state index contributed by atoms with van der Waals surface area (Å²) in [6, 6.07) is 15.6. The molecule has 5 heteroatoms. The maximum Gasteiger partial charge on any atom is 0.258 e. The third-order valence-corrected chi connectivity index (χ3v) is 4.04. The predicted octanol–water partition coefficient (Wildman–Crippen LogP) is 3.28. The number of rotatable bonds is 4. The van der Waals surface area contributed by atoms with Crippen LogP contribution < -0.4 is 16.0 Å². The first-order chi connectivity index (χ1) is 11.7. The number of hydrogen-bond acceptors (Lipinski definition) is 3. The van der Waals surface area contributed by atoms with Crippen molar-refractivity contribution in [2.75, 3.05) is 17.3 Å². The monoisotopic (exact) mass is 339 g/mol. The van der Waals surface area contributed by atoms with E-state index in [1.54, 1.807) is 36.2 Å². The maximum absolute atomic E-state index is 12.7. The van der Waals surface area contributed by atoms with Gasteiger partial charge in [0.25, 0.3) is 5.91 Å². The largest absolute Gasteiger partial charge is 0.325 e. The fourth-order valence-corrected chi connectivity index (χ4v) is 2.31.